The van der Waals surface area contributed by atoms with Gasteiger partial charge in [-0.2, -0.15) is 10.2 Å². The molecule has 0 bridgehead atoms. The maximum atomic E-state index is 8.80. The molecule has 15 heavy (non-hydrogen) atoms. The molecule has 80 valence electrons. The van der Waals surface area contributed by atoms with E-state index in [1.54, 1.807) is 12.1 Å². The first-order chi connectivity index (χ1) is 7.13. The third-order valence-electron chi connectivity index (χ3n) is 1.78. The molecule has 0 atom stereocenters. The van der Waals surface area contributed by atoms with Gasteiger partial charge in [0.25, 0.3) is 0 Å². The van der Waals surface area contributed by atoms with E-state index in [0.717, 1.165) is 6.54 Å². The summed E-state index contributed by atoms with van der Waals surface area (Å²) >= 11 is 0. The second-order valence-electron chi connectivity index (χ2n) is 3.35. The van der Waals surface area contributed by atoms with Crippen LogP contribution >= 0.6 is 0 Å². The zero-order valence-electron chi connectivity index (χ0n) is 8.90. The van der Waals surface area contributed by atoms with Crippen LogP contribution in [-0.2, 0) is 0 Å². The monoisotopic (exact) mass is 206 g/mol. The van der Waals surface area contributed by atoms with E-state index in [1.807, 2.05) is 25.1 Å². The van der Waals surface area contributed by atoms with Gasteiger partial charge in [0.05, 0.1) is 0 Å². The molecule has 0 aliphatic rings. The minimum Gasteiger partial charge on any atom is -0.475 e. The number of nitriles is 1. The van der Waals surface area contributed by atoms with Gasteiger partial charge in [0.1, 0.15) is 24.1 Å². The van der Waals surface area contributed by atoms with Crippen LogP contribution in [0.1, 0.15) is 5.56 Å². The van der Waals surface area contributed by atoms with Crippen LogP contribution in [0.15, 0.2) is 12.1 Å². The molecule has 0 aliphatic heterocycles. The highest BCUT2D eigenvalue weighted by molar-refractivity contribution is 5.44. The van der Waals surface area contributed by atoms with Crippen molar-refractivity contribution in [2.24, 2.45) is 0 Å². The number of rotatable bonds is 4. The Hall–Kier alpha value is -1.80. The molecular weight excluding hydrogens is 192 g/mol. The van der Waals surface area contributed by atoms with E-state index in [0.29, 0.717) is 23.9 Å². The number of nitrogen functional groups attached to an aromatic ring is 1. The molecule has 2 N–H and O–H groups in total. The fourth-order valence-electron chi connectivity index (χ4n) is 0.975. The highest BCUT2D eigenvalue weighted by Gasteiger charge is 2.05. The van der Waals surface area contributed by atoms with E-state index in [9.17, 15) is 0 Å². The van der Waals surface area contributed by atoms with Crippen LogP contribution in [-0.4, -0.2) is 37.1 Å². The van der Waals surface area contributed by atoms with Crippen LogP contribution in [0.5, 0.6) is 5.88 Å². The maximum Gasteiger partial charge on any atom is 0.233 e. The lowest BCUT2D eigenvalue weighted by Crippen LogP contribution is -2.20. The Morgan fingerprint density at radius 2 is 2.27 bits per heavy atom. The number of hydrogen-bond donors (Lipinski definition) is 1. The largest absolute Gasteiger partial charge is 0.475 e. The van der Waals surface area contributed by atoms with E-state index in [-0.39, 0.29) is 0 Å². The van der Waals surface area contributed by atoms with Crippen LogP contribution in [0.25, 0.3) is 0 Å². The van der Waals surface area contributed by atoms with Gasteiger partial charge < -0.3 is 15.4 Å². The van der Waals surface area contributed by atoms with Crippen LogP contribution < -0.4 is 10.5 Å². The molecule has 1 rings (SSSR count). The van der Waals surface area contributed by atoms with Crippen molar-refractivity contribution in [3.05, 3.63) is 17.7 Å². The molecule has 0 fully saturated rings. The Morgan fingerprint density at radius 1 is 1.53 bits per heavy atom. The van der Waals surface area contributed by atoms with Gasteiger partial charge in [0, 0.05) is 6.54 Å². The number of nitrogens with two attached hydrogens (primary N) is 1. The molecule has 5 nitrogen and oxygen atoms in total. The fourth-order valence-corrected chi connectivity index (χ4v) is 0.975. The van der Waals surface area contributed by atoms with Gasteiger partial charge in [-0.25, -0.2) is 0 Å². The quantitative estimate of drug-likeness (QED) is 0.775. The van der Waals surface area contributed by atoms with E-state index in [1.165, 1.54) is 0 Å². The summed E-state index contributed by atoms with van der Waals surface area (Å²) in [6.45, 7) is 1.25. The molecule has 0 spiro atoms. The summed E-state index contributed by atoms with van der Waals surface area (Å²) in [5, 5.41) is 8.80. The molecule has 0 aromatic carbocycles. The van der Waals surface area contributed by atoms with E-state index >= 15 is 0 Å². The van der Waals surface area contributed by atoms with Crippen molar-refractivity contribution in [1.82, 2.24) is 9.88 Å². The Morgan fingerprint density at radius 3 is 2.87 bits per heavy atom. The predicted octanol–water partition coefficient (Wildman–Crippen LogP) is 0.476. The van der Waals surface area contributed by atoms with Crippen molar-refractivity contribution >= 4 is 5.82 Å². The van der Waals surface area contributed by atoms with E-state index in [2.05, 4.69) is 4.98 Å². The SMILES string of the molecule is CN(C)CCOc1nc(N)ccc1C#N. The number of ether oxygens (including phenoxy) is 1. The van der Waals surface area contributed by atoms with E-state index in [4.69, 9.17) is 15.7 Å². The molecule has 0 saturated heterocycles. The lowest BCUT2D eigenvalue weighted by Gasteiger charge is -2.11. The van der Waals surface area contributed by atoms with Gasteiger partial charge >= 0.3 is 0 Å². The summed E-state index contributed by atoms with van der Waals surface area (Å²) in [6.07, 6.45) is 0. The third kappa shape index (κ3) is 3.44. The zero-order chi connectivity index (χ0) is 11.3. The summed E-state index contributed by atoms with van der Waals surface area (Å²) in [6, 6.07) is 5.19. The summed E-state index contributed by atoms with van der Waals surface area (Å²) in [5.41, 5.74) is 5.91. The second kappa shape index (κ2) is 5.17. The van der Waals surface area contributed by atoms with Crippen LogP contribution in [0, 0.1) is 11.3 Å². The lowest BCUT2D eigenvalue weighted by atomic mass is 10.3. The summed E-state index contributed by atoms with van der Waals surface area (Å²) < 4.78 is 5.36. The third-order valence-corrected chi connectivity index (χ3v) is 1.78. The van der Waals surface area contributed by atoms with Gasteiger partial charge in [-0.15, -0.1) is 0 Å². The minimum absolute atomic E-state index is 0.305. The van der Waals surface area contributed by atoms with Crippen molar-refractivity contribution in [1.29, 1.82) is 5.26 Å². The molecule has 1 aromatic heterocycles. The molecule has 0 aliphatic carbocycles. The minimum atomic E-state index is 0.305. The number of likely N-dealkylation sites (N-methyl/N-ethyl adjacent to an activating group) is 1. The smallest absolute Gasteiger partial charge is 0.233 e. The van der Waals surface area contributed by atoms with Gasteiger partial charge in [0.2, 0.25) is 5.88 Å². The Balaban J connectivity index is 2.67. The first-order valence-corrected chi connectivity index (χ1v) is 4.57. The summed E-state index contributed by atoms with van der Waals surface area (Å²) in [4.78, 5) is 5.94. The van der Waals surface area contributed by atoms with E-state index < -0.39 is 0 Å². The average molecular weight is 206 g/mol. The van der Waals surface area contributed by atoms with Crippen molar-refractivity contribution in [3.63, 3.8) is 0 Å². The number of pyridine rings is 1. The molecule has 5 heteroatoms. The van der Waals surface area contributed by atoms with Crippen LogP contribution in [0.4, 0.5) is 5.82 Å². The lowest BCUT2D eigenvalue weighted by molar-refractivity contribution is 0.253. The highest BCUT2D eigenvalue weighted by atomic mass is 16.5. The summed E-state index contributed by atoms with van der Waals surface area (Å²) in [5.74, 6) is 0.660. The molecular formula is C10H14N4O. The Bertz CT molecular complexity index is 370. The van der Waals surface area contributed by atoms with Gasteiger partial charge in [0.15, 0.2) is 0 Å². The van der Waals surface area contributed by atoms with Crippen molar-refractivity contribution in [2.75, 3.05) is 33.0 Å². The maximum absolute atomic E-state index is 8.80. The molecule has 0 radical (unpaired) electrons. The normalized spacial score (nSPS) is 10.0. The standard InChI is InChI=1S/C10H14N4O/c1-14(2)5-6-15-10-8(7-11)3-4-9(12)13-10/h3-4H,5-6H2,1-2H3,(H2,12,13). The van der Waals surface area contributed by atoms with Gasteiger partial charge in [-0.05, 0) is 26.2 Å². The number of aromatic nitrogens is 1. The first kappa shape index (κ1) is 11.3. The Labute approximate surface area is 89.1 Å². The van der Waals surface area contributed by atoms with Gasteiger partial charge in [-0.1, -0.05) is 0 Å². The molecule has 0 unspecified atom stereocenters. The number of anilines is 1. The van der Waals surface area contributed by atoms with Crippen LogP contribution in [0.2, 0.25) is 0 Å². The molecule has 1 aromatic rings. The first-order valence-electron chi connectivity index (χ1n) is 4.57. The number of hydrogen-bond acceptors (Lipinski definition) is 5. The second-order valence-corrected chi connectivity index (χ2v) is 3.35. The average Bonchev–Trinajstić information content (AvgIpc) is 2.17. The zero-order valence-corrected chi connectivity index (χ0v) is 8.90. The Kier molecular flexibility index (Phi) is 3.89. The highest BCUT2D eigenvalue weighted by Crippen LogP contribution is 2.15. The van der Waals surface area contributed by atoms with Crippen molar-refractivity contribution in [2.45, 2.75) is 0 Å². The number of nitrogens with zero attached hydrogens (tertiary/aromatic N) is 3. The van der Waals surface area contributed by atoms with Crippen molar-refractivity contribution < 1.29 is 4.74 Å². The predicted molar refractivity (Wildman–Crippen MR) is 57.4 cm³/mol. The fraction of sp³-hybridized carbons (Fsp3) is 0.400. The summed E-state index contributed by atoms with van der Waals surface area (Å²) in [7, 11) is 3.89. The molecule has 1 heterocycles. The molecule has 0 saturated carbocycles. The topological polar surface area (TPSA) is 75.2 Å². The molecule has 0 amide bonds. The van der Waals surface area contributed by atoms with Crippen LogP contribution in [0.3, 0.4) is 0 Å². The van der Waals surface area contributed by atoms with Crippen molar-refractivity contribution in [3.8, 4) is 11.9 Å². The van der Waals surface area contributed by atoms with Gasteiger partial charge in [-0.3, -0.25) is 0 Å².